The van der Waals surface area contributed by atoms with E-state index in [0.29, 0.717) is 6.54 Å². The fourth-order valence-corrected chi connectivity index (χ4v) is 2.59. The van der Waals surface area contributed by atoms with E-state index >= 15 is 0 Å². The largest absolute Gasteiger partial charge is 0.374 e. The molecule has 0 bridgehead atoms. The van der Waals surface area contributed by atoms with Crippen molar-refractivity contribution in [2.75, 3.05) is 45.9 Å². The van der Waals surface area contributed by atoms with Crippen LogP contribution in [-0.2, 0) is 4.74 Å². The van der Waals surface area contributed by atoms with Crippen molar-refractivity contribution in [2.45, 2.75) is 18.9 Å². The van der Waals surface area contributed by atoms with Gasteiger partial charge in [0, 0.05) is 26.2 Å². The number of rotatable bonds is 3. The molecule has 1 atom stereocenters. The third-order valence-electron chi connectivity index (χ3n) is 3.65. The highest BCUT2D eigenvalue weighted by atomic mass is 16.5. The van der Waals surface area contributed by atoms with E-state index in [1.807, 2.05) is 4.81 Å². The van der Waals surface area contributed by atoms with Crippen molar-refractivity contribution in [3.8, 4) is 0 Å². The van der Waals surface area contributed by atoms with Gasteiger partial charge in [0.1, 0.15) is 0 Å². The van der Waals surface area contributed by atoms with Gasteiger partial charge in [-0.3, -0.25) is 4.90 Å². The first kappa shape index (κ1) is 12.4. The molecule has 1 unspecified atom stereocenters. The number of ether oxygens (including phenoxy) is 1. The highest BCUT2D eigenvalue weighted by Gasteiger charge is 2.23. The van der Waals surface area contributed by atoms with Gasteiger partial charge in [-0.1, -0.05) is 0 Å². The first-order valence-corrected chi connectivity index (χ1v) is 6.31. The summed E-state index contributed by atoms with van der Waals surface area (Å²) >= 11 is 0. The monoisotopic (exact) mass is 223 g/mol. The summed E-state index contributed by atoms with van der Waals surface area (Å²) in [5.74, 6) is 0.802. The highest BCUT2D eigenvalue weighted by Crippen LogP contribution is 2.18. The van der Waals surface area contributed by atoms with Crippen LogP contribution in [0.25, 0.3) is 0 Å². The number of nitrogens with zero attached hydrogens (tertiary/aromatic N) is 2. The lowest BCUT2D eigenvalue weighted by Gasteiger charge is -2.37. The Morgan fingerprint density at radius 2 is 2.00 bits per heavy atom. The summed E-state index contributed by atoms with van der Waals surface area (Å²) in [5, 5.41) is 0. The molecule has 2 radical (unpaired) electrons. The molecule has 0 spiro atoms. The van der Waals surface area contributed by atoms with Crippen LogP contribution < -0.4 is 5.73 Å². The van der Waals surface area contributed by atoms with Crippen molar-refractivity contribution in [1.82, 2.24) is 9.71 Å². The minimum absolute atomic E-state index is 0.239. The molecule has 2 rings (SSSR count). The van der Waals surface area contributed by atoms with Gasteiger partial charge >= 0.3 is 0 Å². The molecule has 2 aliphatic rings. The normalized spacial score (nSPS) is 30.7. The number of hydrogen-bond donors (Lipinski definition) is 1. The van der Waals surface area contributed by atoms with Gasteiger partial charge in [0.05, 0.1) is 12.7 Å². The zero-order valence-electron chi connectivity index (χ0n) is 9.98. The zero-order valence-corrected chi connectivity index (χ0v) is 9.98. The second-order valence-corrected chi connectivity index (χ2v) is 4.97. The molecule has 2 N–H and O–H groups in total. The maximum atomic E-state index is 5.76. The van der Waals surface area contributed by atoms with Crippen LogP contribution >= 0.6 is 0 Å². The van der Waals surface area contributed by atoms with Gasteiger partial charge in [0.25, 0.3) is 0 Å². The SMILES string of the molecule is [B]N1CCC(CN2CCOC(CN)C2)CC1. The molecular formula is C11H22BN3O. The van der Waals surface area contributed by atoms with Crippen molar-refractivity contribution in [3.05, 3.63) is 0 Å². The molecular weight excluding hydrogens is 201 g/mol. The molecule has 2 heterocycles. The molecule has 90 valence electrons. The number of hydrogen-bond acceptors (Lipinski definition) is 4. The average molecular weight is 223 g/mol. The average Bonchev–Trinajstić information content (AvgIpc) is 2.32. The summed E-state index contributed by atoms with van der Waals surface area (Å²) in [5.41, 5.74) is 5.64. The summed E-state index contributed by atoms with van der Waals surface area (Å²) in [6.45, 7) is 6.78. The van der Waals surface area contributed by atoms with Gasteiger partial charge in [-0.05, 0) is 31.8 Å². The third-order valence-corrected chi connectivity index (χ3v) is 3.65. The van der Waals surface area contributed by atoms with E-state index in [2.05, 4.69) is 4.90 Å². The quantitative estimate of drug-likeness (QED) is 0.651. The van der Waals surface area contributed by atoms with Gasteiger partial charge in [0.2, 0.25) is 0 Å². The van der Waals surface area contributed by atoms with E-state index in [-0.39, 0.29) is 6.10 Å². The topological polar surface area (TPSA) is 41.7 Å². The molecule has 0 aromatic heterocycles. The van der Waals surface area contributed by atoms with Crippen LogP contribution in [-0.4, -0.2) is 69.7 Å². The lowest BCUT2D eigenvalue weighted by molar-refractivity contribution is -0.0296. The Morgan fingerprint density at radius 3 is 2.69 bits per heavy atom. The molecule has 0 amide bonds. The Balaban J connectivity index is 1.72. The first-order valence-electron chi connectivity index (χ1n) is 6.31. The number of nitrogens with two attached hydrogens (primary N) is 1. The maximum absolute atomic E-state index is 5.76. The molecule has 2 aliphatic heterocycles. The molecule has 2 fully saturated rings. The molecule has 0 aromatic rings. The predicted octanol–water partition coefficient (Wildman–Crippen LogP) is -0.559. The fourth-order valence-electron chi connectivity index (χ4n) is 2.59. The van der Waals surface area contributed by atoms with Gasteiger partial charge < -0.3 is 15.3 Å². The third kappa shape index (κ3) is 3.45. The van der Waals surface area contributed by atoms with Crippen molar-refractivity contribution in [1.29, 1.82) is 0 Å². The van der Waals surface area contributed by atoms with E-state index < -0.39 is 0 Å². The predicted molar refractivity (Wildman–Crippen MR) is 65.3 cm³/mol. The lowest BCUT2D eigenvalue weighted by Crippen LogP contribution is -2.48. The summed E-state index contributed by atoms with van der Waals surface area (Å²) in [6.07, 6.45) is 2.69. The summed E-state index contributed by atoms with van der Waals surface area (Å²) in [4.78, 5) is 4.43. The fraction of sp³-hybridized carbons (Fsp3) is 1.00. The van der Waals surface area contributed by atoms with Gasteiger partial charge in [-0.15, -0.1) is 0 Å². The Labute approximate surface area is 99.5 Å². The highest BCUT2D eigenvalue weighted by molar-refractivity contribution is 6.04. The van der Waals surface area contributed by atoms with Crippen LogP contribution in [0.3, 0.4) is 0 Å². The Kier molecular flexibility index (Phi) is 4.64. The smallest absolute Gasteiger partial charge is 0.182 e. The van der Waals surface area contributed by atoms with Crippen molar-refractivity contribution >= 4 is 7.98 Å². The Morgan fingerprint density at radius 1 is 1.25 bits per heavy atom. The van der Waals surface area contributed by atoms with Crippen LogP contribution in [0.2, 0.25) is 0 Å². The molecule has 4 nitrogen and oxygen atoms in total. The summed E-state index contributed by atoms with van der Waals surface area (Å²) in [6, 6.07) is 0. The Bertz CT molecular complexity index is 209. The summed E-state index contributed by atoms with van der Waals surface area (Å²) in [7, 11) is 5.76. The second-order valence-electron chi connectivity index (χ2n) is 4.97. The maximum Gasteiger partial charge on any atom is 0.182 e. The second kappa shape index (κ2) is 6.01. The number of morpholine rings is 1. The molecule has 16 heavy (non-hydrogen) atoms. The van der Waals surface area contributed by atoms with Gasteiger partial charge in [0.15, 0.2) is 7.98 Å². The van der Waals surface area contributed by atoms with E-state index in [4.69, 9.17) is 18.5 Å². The molecule has 0 aliphatic carbocycles. The van der Waals surface area contributed by atoms with E-state index in [1.165, 1.54) is 19.4 Å². The van der Waals surface area contributed by atoms with Crippen LogP contribution in [0, 0.1) is 5.92 Å². The zero-order chi connectivity index (χ0) is 11.4. The van der Waals surface area contributed by atoms with E-state index in [1.54, 1.807) is 0 Å². The molecule has 5 heteroatoms. The van der Waals surface area contributed by atoms with Crippen molar-refractivity contribution < 1.29 is 4.74 Å². The van der Waals surface area contributed by atoms with E-state index in [0.717, 1.165) is 38.7 Å². The van der Waals surface area contributed by atoms with Crippen LogP contribution in [0.4, 0.5) is 0 Å². The van der Waals surface area contributed by atoms with Crippen molar-refractivity contribution in [3.63, 3.8) is 0 Å². The van der Waals surface area contributed by atoms with Crippen LogP contribution in [0.15, 0.2) is 0 Å². The minimum atomic E-state index is 0.239. The molecule has 0 saturated carbocycles. The molecule has 2 saturated heterocycles. The van der Waals surface area contributed by atoms with Gasteiger partial charge in [-0.25, -0.2) is 0 Å². The van der Waals surface area contributed by atoms with Crippen LogP contribution in [0.5, 0.6) is 0 Å². The lowest BCUT2D eigenvalue weighted by atomic mass is 9.94. The van der Waals surface area contributed by atoms with Crippen LogP contribution in [0.1, 0.15) is 12.8 Å². The van der Waals surface area contributed by atoms with Gasteiger partial charge in [-0.2, -0.15) is 0 Å². The number of piperidine rings is 1. The Hall–Kier alpha value is -0.0951. The molecule has 0 aromatic carbocycles. The van der Waals surface area contributed by atoms with E-state index in [9.17, 15) is 0 Å². The standard InChI is InChI=1S/C11H22BN3O/c12-15-3-1-10(2-4-15)8-14-5-6-16-11(7-13)9-14/h10-11H,1-9,13H2. The first-order chi connectivity index (χ1) is 7.78. The summed E-state index contributed by atoms with van der Waals surface area (Å²) < 4.78 is 5.57. The van der Waals surface area contributed by atoms with Crippen molar-refractivity contribution in [2.24, 2.45) is 11.7 Å². The minimum Gasteiger partial charge on any atom is -0.374 e.